The van der Waals surface area contributed by atoms with Crippen LogP contribution in [0.2, 0.25) is 0 Å². The second-order valence-corrected chi connectivity index (χ2v) is 7.40. The molecule has 1 N–H and O–H groups in total. The molecule has 3 aromatic carbocycles. The zero-order chi connectivity index (χ0) is 23.5. The Morgan fingerprint density at radius 2 is 1.34 bits per heavy atom. The summed E-state index contributed by atoms with van der Waals surface area (Å²) in [4.78, 5) is 25.7. The maximum Gasteiger partial charge on any atom is 0.325 e. The minimum Gasteiger partial charge on any atom is -0.465 e. The number of nitrogens with zero attached hydrogens (tertiary/aromatic N) is 1. The number of amides is 1. The number of hydrogen-bond acceptors (Lipinski definition) is 4. The van der Waals surface area contributed by atoms with Crippen LogP contribution in [0.15, 0.2) is 91.0 Å². The molecule has 3 aromatic rings. The minimum atomic E-state index is -0.663. The number of carbonyl (C=O) groups excluding carboxylic acids is 2. The molecule has 5 nitrogen and oxygen atoms in total. The maximum atomic E-state index is 12.3. The maximum absolute atomic E-state index is 12.3. The lowest BCUT2D eigenvalue weighted by atomic mass is 9.77. The summed E-state index contributed by atoms with van der Waals surface area (Å²) in [5.74, 6) is -0.880. The van der Waals surface area contributed by atoms with Crippen LogP contribution in [0.1, 0.15) is 31.9 Å². The van der Waals surface area contributed by atoms with Gasteiger partial charge in [-0.15, -0.1) is 0 Å². The summed E-state index contributed by atoms with van der Waals surface area (Å²) < 4.78 is 12.5. The van der Waals surface area contributed by atoms with Crippen molar-refractivity contribution in [1.82, 2.24) is 10.2 Å². The molecule has 3 rings (SSSR count). The van der Waals surface area contributed by atoms with E-state index in [0.29, 0.717) is 6.54 Å². The standard InChI is InChI=1S/C27H30N2O3/c1-3-32-26(31)21-29(22(2)30)20-19-28-27(23-13-7-4-8-14-23,24-15-9-5-10-16-24)25-17-11-6-12-18-25/h4-18,28H,3,19-21H2,1-2H3/i2T. The SMILES string of the molecule is [3H]CC(=O)N(CCNC(c1ccccc1)(c1ccccc1)c1ccccc1)CC(=O)OCC. The van der Waals surface area contributed by atoms with Gasteiger partial charge in [0, 0.05) is 21.4 Å². The summed E-state index contributed by atoms with van der Waals surface area (Å²) in [6, 6.07) is 30.5. The number of esters is 1. The van der Waals surface area contributed by atoms with Crippen LogP contribution in [-0.4, -0.2) is 43.0 Å². The van der Waals surface area contributed by atoms with Gasteiger partial charge in [0.1, 0.15) is 6.54 Å². The number of carbonyl (C=O) groups is 2. The van der Waals surface area contributed by atoms with Gasteiger partial charge in [-0.2, -0.15) is 0 Å². The molecule has 0 aliphatic carbocycles. The Kier molecular flexibility index (Phi) is 7.66. The van der Waals surface area contributed by atoms with Crippen LogP contribution >= 0.6 is 0 Å². The molecule has 0 saturated heterocycles. The third-order valence-corrected chi connectivity index (χ3v) is 5.37. The predicted molar refractivity (Wildman–Crippen MR) is 126 cm³/mol. The van der Waals surface area contributed by atoms with E-state index in [9.17, 15) is 9.59 Å². The van der Waals surface area contributed by atoms with Crippen LogP contribution in [0.4, 0.5) is 0 Å². The van der Waals surface area contributed by atoms with Gasteiger partial charge in [-0.05, 0) is 23.6 Å². The third-order valence-electron chi connectivity index (χ3n) is 5.37. The highest BCUT2D eigenvalue weighted by Crippen LogP contribution is 2.36. The number of ether oxygens (including phenoxy) is 1. The van der Waals surface area contributed by atoms with Gasteiger partial charge in [-0.1, -0.05) is 91.0 Å². The largest absolute Gasteiger partial charge is 0.465 e. The van der Waals surface area contributed by atoms with E-state index in [-0.39, 0.29) is 19.7 Å². The second kappa shape index (κ2) is 11.3. The fourth-order valence-electron chi connectivity index (χ4n) is 3.90. The van der Waals surface area contributed by atoms with Gasteiger partial charge in [-0.3, -0.25) is 14.9 Å². The van der Waals surface area contributed by atoms with Crippen molar-refractivity contribution in [3.05, 3.63) is 108 Å². The van der Waals surface area contributed by atoms with E-state index in [0.717, 1.165) is 16.7 Å². The van der Waals surface area contributed by atoms with E-state index in [1.165, 1.54) is 4.90 Å². The van der Waals surface area contributed by atoms with Crippen molar-refractivity contribution in [3.8, 4) is 0 Å². The molecule has 0 spiro atoms. The van der Waals surface area contributed by atoms with Crippen LogP contribution in [0.3, 0.4) is 0 Å². The van der Waals surface area contributed by atoms with Gasteiger partial charge in [0.2, 0.25) is 5.91 Å². The summed E-state index contributed by atoms with van der Waals surface area (Å²) in [5.41, 5.74) is 2.52. The Hall–Kier alpha value is -3.44. The molecule has 0 bridgehead atoms. The topological polar surface area (TPSA) is 58.6 Å². The molecular formula is C27H30N2O3. The molecular weight excluding hydrogens is 400 g/mol. The monoisotopic (exact) mass is 432 g/mol. The average molecular weight is 433 g/mol. The van der Waals surface area contributed by atoms with E-state index >= 15 is 0 Å². The molecule has 0 unspecified atom stereocenters. The van der Waals surface area contributed by atoms with Crippen LogP contribution in [0.5, 0.6) is 0 Å². The third kappa shape index (κ3) is 5.42. The summed E-state index contributed by atoms with van der Waals surface area (Å²) in [6.07, 6.45) is 0. The van der Waals surface area contributed by atoms with E-state index < -0.39 is 24.3 Å². The lowest BCUT2D eigenvalue weighted by Gasteiger charge is -2.37. The van der Waals surface area contributed by atoms with E-state index in [1.807, 2.05) is 54.6 Å². The minimum absolute atomic E-state index is 0.164. The fraction of sp³-hybridized carbons (Fsp3) is 0.259. The van der Waals surface area contributed by atoms with Crippen molar-refractivity contribution in [1.29, 1.82) is 0 Å². The predicted octanol–water partition coefficient (Wildman–Crippen LogP) is 3.98. The van der Waals surface area contributed by atoms with Crippen LogP contribution < -0.4 is 5.32 Å². The fourth-order valence-corrected chi connectivity index (χ4v) is 3.90. The first-order valence-corrected chi connectivity index (χ1v) is 10.8. The second-order valence-electron chi connectivity index (χ2n) is 7.40. The quantitative estimate of drug-likeness (QED) is 0.389. The van der Waals surface area contributed by atoms with Crippen molar-refractivity contribution in [2.75, 3.05) is 26.2 Å². The molecule has 1 amide bonds. The zero-order valence-electron chi connectivity index (χ0n) is 19.4. The average Bonchev–Trinajstić information content (AvgIpc) is 2.87. The van der Waals surface area contributed by atoms with Gasteiger partial charge in [0.15, 0.2) is 0 Å². The molecule has 32 heavy (non-hydrogen) atoms. The summed E-state index contributed by atoms with van der Waals surface area (Å²) in [7, 11) is 0. The van der Waals surface area contributed by atoms with Crippen LogP contribution in [0.25, 0.3) is 0 Å². The number of nitrogens with one attached hydrogen (secondary N) is 1. The molecule has 0 atom stereocenters. The normalized spacial score (nSPS) is 11.5. The zero-order valence-corrected chi connectivity index (χ0v) is 18.4. The highest BCUT2D eigenvalue weighted by Gasteiger charge is 2.35. The first-order chi connectivity index (χ1) is 16.1. The highest BCUT2D eigenvalue weighted by molar-refractivity contribution is 5.80. The Bertz CT molecular complexity index is 917. The van der Waals surface area contributed by atoms with Gasteiger partial charge in [0.25, 0.3) is 0 Å². The molecule has 0 aliphatic rings. The van der Waals surface area contributed by atoms with Gasteiger partial charge in [0.05, 0.1) is 12.1 Å². The summed E-state index contributed by atoms with van der Waals surface area (Å²) >= 11 is 0. The van der Waals surface area contributed by atoms with Gasteiger partial charge >= 0.3 is 5.97 Å². The lowest BCUT2D eigenvalue weighted by Crippen LogP contribution is -2.48. The lowest BCUT2D eigenvalue weighted by molar-refractivity contribution is -0.148. The molecule has 0 fully saturated rings. The molecule has 0 aliphatic heterocycles. The summed E-state index contributed by atoms with van der Waals surface area (Å²) in [5, 5.41) is 3.69. The Balaban J connectivity index is 1.96. The first-order valence-electron chi connectivity index (χ1n) is 11.5. The van der Waals surface area contributed by atoms with Crippen LogP contribution in [-0.2, 0) is 19.9 Å². The molecule has 166 valence electrons. The van der Waals surface area contributed by atoms with Crippen molar-refractivity contribution >= 4 is 11.9 Å². The van der Waals surface area contributed by atoms with Crippen molar-refractivity contribution < 1.29 is 15.7 Å². The van der Waals surface area contributed by atoms with E-state index in [2.05, 4.69) is 41.7 Å². The Morgan fingerprint density at radius 1 is 0.875 bits per heavy atom. The Morgan fingerprint density at radius 3 is 1.75 bits per heavy atom. The molecule has 0 radical (unpaired) electrons. The Labute approximate surface area is 191 Å². The van der Waals surface area contributed by atoms with Crippen molar-refractivity contribution in [2.24, 2.45) is 0 Å². The summed E-state index contributed by atoms with van der Waals surface area (Å²) in [6.45, 7) is 2.07. The van der Waals surface area contributed by atoms with Crippen molar-refractivity contribution in [2.45, 2.75) is 19.4 Å². The van der Waals surface area contributed by atoms with E-state index in [4.69, 9.17) is 6.11 Å². The number of rotatable bonds is 10. The highest BCUT2D eigenvalue weighted by atomic mass is 16.5. The first kappa shape index (κ1) is 21.8. The van der Waals surface area contributed by atoms with Crippen molar-refractivity contribution in [3.63, 3.8) is 0 Å². The molecule has 0 saturated carbocycles. The number of benzene rings is 3. The molecule has 5 heteroatoms. The molecule has 0 aromatic heterocycles. The van der Waals surface area contributed by atoms with Crippen LogP contribution in [0, 0.1) is 0 Å². The number of hydrogen-bond donors (Lipinski definition) is 1. The van der Waals surface area contributed by atoms with Gasteiger partial charge in [-0.25, -0.2) is 0 Å². The molecule has 0 heterocycles. The smallest absolute Gasteiger partial charge is 0.325 e. The van der Waals surface area contributed by atoms with Gasteiger partial charge < -0.3 is 9.64 Å². The van der Waals surface area contributed by atoms with E-state index in [1.54, 1.807) is 6.92 Å².